The molecule has 0 aliphatic heterocycles. The summed E-state index contributed by atoms with van der Waals surface area (Å²) < 4.78 is 1.48. The summed E-state index contributed by atoms with van der Waals surface area (Å²) in [5, 5.41) is 16.2. The van der Waals surface area contributed by atoms with Crippen molar-refractivity contribution in [2.24, 2.45) is 0 Å². The summed E-state index contributed by atoms with van der Waals surface area (Å²) in [6.45, 7) is -0.122. The van der Waals surface area contributed by atoms with Gasteiger partial charge in [0.05, 0.1) is 12.2 Å². The van der Waals surface area contributed by atoms with Crippen molar-refractivity contribution in [1.29, 1.82) is 0 Å². The van der Waals surface area contributed by atoms with Crippen LogP contribution in [0.4, 0.5) is 5.69 Å². The molecule has 1 heterocycles. The Hall–Kier alpha value is -3.55. The fraction of sp³-hybridized carbons (Fsp3) is 0.0625. The standard InChI is InChI=1S/C16H14N6O2/c23-15(10-17-16(24)12-5-2-1-3-6-12)19-13-7-4-8-14(9-13)22-11-18-20-21-22/h1-9,11H,10H2,(H,17,24)(H,19,23). The number of anilines is 1. The van der Waals surface area contributed by atoms with Gasteiger partial charge in [0.25, 0.3) is 5.91 Å². The first kappa shape index (κ1) is 15.3. The van der Waals surface area contributed by atoms with Crippen LogP contribution >= 0.6 is 0 Å². The van der Waals surface area contributed by atoms with Crippen LogP contribution in [0.2, 0.25) is 0 Å². The van der Waals surface area contributed by atoms with Crippen LogP contribution in [-0.2, 0) is 4.79 Å². The average Bonchev–Trinajstić information content (AvgIpc) is 3.15. The summed E-state index contributed by atoms with van der Waals surface area (Å²) in [6, 6.07) is 15.8. The van der Waals surface area contributed by atoms with Crippen LogP contribution in [0.1, 0.15) is 10.4 Å². The van der Waals surface area contributed by atoms with Crippen molar-refractivity contribution >= 4 is 17.5 Å². The second-order valence-electron chi connectivity index (χ2n) is 4.90. The van der Waals surface area contributed by atoms with Gasteiger partial charge in [-0.2, -0.15) is 0 Å². The minimum Gasteiger partial charge on any atom is -0.343 e. The van der Waals surface area contributed by atoms with Crippen LogP contribution in [0.5, 0.6) is 0 Å². The number of amides is 2. The predicted molar refractivity (Wildman–Crippen MR) is 86.6 cm³/mol. The van der Waals surface area contributed by atoms with E-state index in [1.807, 2.05) is 12.1 Å². The number of hydrogen-bond acceptors (Lipinski definition) is 5. The summed E-state index contributed by atoms with van der Waals surface area (Å²) in [4.78, 5) is 23.9. The molecular weight excluding hydrogens is 308 g/mol. The van der Waals surface area contributed by atoms with Crippen LogP contribution in [0.15, 0.2) is 60.9 Å². The zero-order valence-corrected chi connectivity index (χ0v) is 12.6. The van der Waals surface area contributed by atoms with Crippen molar-refractivity contribution < 1.29 is 9.59 Å². The fourth-order valence-electron chi connectivity index (χ4n) is 2.06. The van der Waals surface area contributed by atoms with Crippen LogP contribution in [-0.4, -0.2) is 38.6 Å². The maximum Gasteiger partial charge on any atom is 0.251 e. The van der Waals surface area contributed by atoms with Gasteiger partial charge in [0.2, 0.25) is 5.91 Å². The minimum atomic E-state index is -0.326. The van der Waals surface area contributed by atoms with E-state index in [0.717, 1.165) is 0 Å². The topological polar surface area (TPSA) is 102 Å². The van der Waals surface area contributed by atoms with Crippen molar-refractivity contribution in [3.8, 4) is 5.69 Å². The molecule has 0 fully saturated rings. The van der Waals surface area contributed by atoms with E-state index < -0.39 is 0 Å². The Balaban J connectivity index is 1.57. The molecule has 8 heteroatoms. The number of nitrogens with one attached hydrogen (secondary N) is 2. The molecule has 0 saturated heterocycles. The highest BCUT2D eigenvalue weighted by molar-refractivity contribution is 5.99. The highest BCUT2D eigenvalue weighted by atomic mass is 16.2. The molecule has 2 aromatic carbocycles. The molecule has 0 atom stereocenters. The number of benzene rings is 2. The molecule has 0 saturated carbocycles. The number of rotatable bonds is 5. The highest BCUT2D eigenvalue weighted by Gasteiger charge is 2.08. The van der Waals surface area contributed by atoms with Crippen molar-refractivity contribution in [2.75, 3.05) is 11.9 Å². The molecule has 0 spiro atoms. The van der Waals surface area contributed by atoms with Gasteiger partial charge in [-0.1, -0.05) is 24.3 Å². The maximum atomic E-state index is 12.0. The Bertz CT molecular complexity index is 833. The van der Waals surface area contributed by atoms with Gasteiger partial charge in [-0.25, -0.2) is 4.68 Å². The third-order valence-electron chi connectivity index (χ3n) is 3.19. The van der Waals surface area contributed by atoms with Gasteiger partial charge in [-0.3, -0.25) is 9.59 Å². The number of tetrazole rings is 1. The normalized spacial score (nSPS) is 10.2. The first-order chi connectivity index (χ1) is 11.7. The Labute approximate surface area is 137 Å². The highest BCUT2D eigenvalue weighted by Crippen LogP contribution is 2.13. The van der Waals surface area contributed by atoms with Crippen LogP contribution in [0.3, 0.4) is 0 Å². The molecule has 1 aromatic heterocycles. The monoisotopic (exact) mass is 322 g/mol. The molecule has 120 valence electrons. The van der Waals surface area contributed by atoms with E-state index in [1.54, 1.807) is 42.5 Å². The van der Waals surface area contributed by atoms with Gasteiger partial charge in [0.1, 0.15) is 6.33 Å². The van der Waals surface area contributed by atoms with E-state index in [-0.39, 0.29) is 18.4 Å². The Morgan fingerprint density at radius 1 is 1.04 bits per heavy atom. The summed E-state index contributed by atoms with van der Waals surface area (Å²) >= 11 is 0. The lowest BCUT2D eigenvalue weighted by molar-refractivity contribution is -0.115. The SMILES string of the molecule is O=C(CNC(=O)c1ccccc1)Nc1cccc(-n2cnnn2)c1. The lowest BCUT2D eigenvalue weighted by Gasteiger charge is -2.08. The van der Waals surface area contributed by atoms with Crippen molar-refractivity contribution in [2.45, 2.75) is 0 Å². The third-order valence-corrected chi connectivity index (χ3v) is 3.19. The Morgan fingerprint density at radius 3 is 2.62 bits per heavy atom. The summed E-state index contributed by atoms with van der Waals surface area (Å²) in [5.41, 5.74) is 1.80. The quantitative estimate of drug-likeness (QED) is 0.730. The van der Waals surface area contributed by atoms with Gasteiger partial charge < -0.3 is 10.6 Å². The van der Waals surface area contributed by atoms with Crippen molar-refractivity contribution in [1.82, 2.24) is 25.5 Å². The van der Waals surface area contributed by atoms with E-state index in [9.17, 15) is 9.59 Å². The maximum absolute atomic E-state index is 12.0. The van der Waals surface area contributed by atoms with Crippen LogP contribution in [0, 0.1) is 0 Å². The lowest BCUT2D eigenvalue weighted by Crippen LogP contribution is -2.32. The molecule has 0 bridgehead atoms. The van der Waals surface area contributed by atoms with Gasteiger partial charge in [0.15, 0.2) is 0 Å². The molecule has 3 rings (SSSR count). The smallest absolute Gasteiger partial charge is 0.251 e. The van der Waals surface area contributed by atoms with E-state index in [4.69, 9.17) is 0 Å². The van der Waals surface area contributed by atoms with Gasteiger partial charge in [-0.15, -0.1) is 5.10 Å². The molecule has 3 aromatic rings. The molecule has 2 N–H and O–H groups in total. The van der Waals surface area contributed by atoms with E-state index in [0.29, 0.717) is 16.9 Å². The van der Waals surface area contributed by atoms with E-state index in [2.05, 4.69) is 26.2 Å². The largest absolute Gasteiger partial charge is 0.343 e. The molecule has 0 unspecified atom stereocenters. The lowest BCUT2D eigenvalue weighted by atomic mass is 10.2. The third kappa shape index (κ3) is 3.80. The van der Waals surface area contributed by atoms with Gasteiger partial charge in [-0.05, 0) is 40.8 Å². The molecule has 24 heavy (non-hydrogen) atoms. The summed E-state index contributed by atoms with van der Waals surface area (Å²) in [6.07, 6.45) is 1.46. The average molecular weight is 322 g/mol. The van der Waals surface area contributed by atoms with Crippen molar-refractivity contribution in [3.63, 3.8) is 0 Å². The Kier molecular flexibility index (Phi) is 4.57. The fourth-order valence-corrected chi connectivity index (χ4v) is 2.06. The molecule has 0 aliphatic rings. The molecule has 0 aliphatic carbocycles. The molecular formula is C16H14N6O2. The first-order valence-corrected chi connectivity index (χ1v) is 7.19. The minimum absolute atomic E-state index is 0.122. The number of aromatic nitrogens is 4. The zero-order valence-electron chi connectivity index (χ0n) is 12.6. The van der Waals surface area contributed by atoms with Crippen molar-refractivity contribution in [3.05, 3.63) is 66.5 Å². The summed E-state index contributed by atoms with van der Waals surface area (Å²) in [7, 11) is 0. The van der Waals surface area contributed by atoms with Crippen LogP contribution in [0.25, 0.3) is 5.69 Å². The number of carbonyl (C=O) groups is 2. The van der Waals surface area contributed by atoms with Gasteiger partial charge in [0, 0.05) is 11.3 Å². The van der Waals surface area contributed by atoms with Gasteiger partial charge >= 0.3 is 0 Å². The second-order valence-corrected chi connectivity index (χ2v) is 4.90. The van der Waals surface area contributed by atoms with E-state index in [1.165, 1.54) is 11.0 Å². The molecule has 2 amide bonds. The van der Waals surface area contributed by atoms with E-state index >= 15 is 0 Å². The molecule has 8 nitrogen and oxygen atoms in total. The summed E-state index contributed by atoms with van der Waals surface area (Å²) in [5.74, 6) is -0.624. The number of nitrogens with zero attached hydrogens (tertiary/aromatic N) is 4. The number of carbonyl (C=O) groups excluding carboxylic acids is 2. The number of hydrogen-bond donors (Lipinski definition) is 2. The second kappa shape index (κ2) is 7.14. The Morgan fingerprint density at radius 2 is 1.88 bits per heavy atom. The predicted octanol–water partition coefficient (Wildman–Crippen LogP) is 1.03. The molecule has 0 radical (unpaired) electrons. The first-order valence-electron chi connectivity index (χ1n) is 7.19. The van der Waals surface area contributed by atoms with Crippen LogP contribution < -0.4 is 10.6 Å². The zero-order chi connectivity index (χ0) is 16.8.